The number of ether oxygens (including phenoxy) is 2. The molecule has 0 spiro atoms. The van der Waals surface area contributed by atoms with E-state index in [1.165, 1.54) is 0 Å². The number of amides is 1. The molecule has 1 heterocycles. The fourth-order valence-corrected chi connectivity index (χ4v) is 2.89. The molecule has 1 aromatic heterocycles. The van der Waals surface area contributed by atoms with Crippen molar-refractivity contribution in [1.29, 1.82) is 0 Å². The zero-order valence-electron chi connectivity index (χ0n) is 15.3. The number of benzene rings is 2. The van der Waals surface area contributed by atoms with Gasteiger partial charge in [0.15, 0.2) is 11.5 Å². The first-order valence-electron chi connectivity index (χ1n) is 8.30. The Balaban J connectivity index is 1.84. The van der Waals surface area contributed by atoms with Crippen LogP contribution in [0.4, 0.5) is 5.82 Å². The largest absolute Gasteiger partial charge is 0.493 e. The average Bonchev–Trinajstić information content (AvgIpc) is 3.03. The quantitative estimate of drug-likeness (QED) is 0.698. The molecular weight excluding hydrogens is 366 g/mol. The number of anilines is 1. The molecule has 3 aromatic rings. The van der Waals surface area contributed by atoms with Crippen molar-refractivity contribution in [2.75, 3.05) is 19.5 Å². The number of rotatable bonds is 6. The van der Waals surface area contributed by atoms with Crippen molar-refractivity contribution in [3.8, 4) is 22.6 Å². The van der Waals surface area contributed by atoms with Crippen molar-refractivity contribution in [3.63, 3.8) is 0 Å². The van der Waals surface area contributed by atoms with Crippen molar-refractivity contribution in [2.24, 2.45) is 7.05 Å². The van der Waals surface area contributed by atoms with E-state index in [0.29, 0.717) is 22.3 Å². The Hall–Kier alpha value is -2.99. The number of methoxy groups -OCH3 is 2. The second kappa shape index (κ2) is 8.14. The van der Waals surface area contributed by atoms with Gasteiger partial charge >= 0.3 is 0 Å². The van der Waals surface area contributed by atoms with Gasteiger partial charge in [0.1, 0.15) is 5.82 Å². The molecule has 0 saturated heterocycles. The lowest BCUT2D eigenvalue weighted by Crippen LogP contribution is -2.17. The van der Waals surface area contributed by atoms with Crippen LogP contribution in [0.5, 0.6) is 11.5 Å². The monoisotopic (exact) mass is 385 g/mol. The van der Waals surface area contributed by atoms with E-state index in [4.69, 9.17) is 21.1 Å². The molecule has 0 aliphatic heterocycles. The summed E-state index contributed by atoms with van der Waals surface area (Å²) in [5, 5.41) is 7.86. The predicted molar refractivity (Wildman–Crippen MR) is 106 cm³/mol. The molecular formula is C20H20ClN3O3. The molecule has 27 heavy (non-hydrogen) atoms. The van der Waals surface area contributed by atoms with Crippen LogP contribution in [0.3, 0.4) is 0 Å². The molecule has 0 radical (unpaired) electrons. The van der Waals surface area contributed by atoms with Gasteiger partial charge in [-0.05, 0) is 35.4 Å². The molecule has 0 atom stereocenters. The molecule has 0 unspecified atom stereocenters. The fourth-order valence-electron chi connectivity index (χ4n) is 2.76. The molecule has 0 saturated carbocycles. The SMILES string of the molecule is COc1ccc(-c2cnn(C)c2NC(=O)Cc2ccc(Cl)cc2)cc1OC. The van der Waals surface area contributed by atoms with Crippen LogP contribution in [-0.4, -0.2) is 29.9 Å². The highest BCUT2D eigenvalue weighted by molar-refractivity contribution is 6.30. The van der Waals surface area contributed by atoms with Gasteiger partial charge in [0.05, 0.1) is 26.8 Å². The van der Waals surface area contributed by atoms with E-state index in [1.807, 2.05) is 30.3 Å². The minimum Gasteiger partial charge on any atom is -0.493 e. The zero-order chi connectivity index (χ0) is 19.4. The van der Waals surface area contributed by atoms with Crippen molar-refractivity contribution >= 4 is 23.3 Å². The molecule has 0 aliphatic rings. The molecule has 140 valence electrons. The molecule has 2 aromatic carbocycles. The molecule has 6 nitrogen and oxygen atoms in total. The van der Waals surface area contributed by atoms with Crippen molar-refractivity contribution < 1.29 is 14.3 Å². The Labute approximate surface area is 162 Å². The summed E-state index contributed by atoms with van der Waals surface area (Å²) in [6.45, 7) is 0. The highest BCUT2D eigenvalue weighted by atomic mass is 35.5. The number of hydrogen-bond donors (Lipinski definition) is 1. The number of carbonyl (C=O) groups is 1. The highest BCUT2D eigenvalue weighted by Crippen LogP contribution is 2.35. The molecule has 0 aliphatic carbocycles. The average molecular weight is 386 g/mol. The standard InChI is InChI=1S/C20H20ClN3O3/c1-24-20(23-19(25)10-13-4-7-15(21)8-5-13)16(12-22-24)14-6-9-17(26-2)18(11-14)27-3/h4-9,11-12H,10H2,1-3H3,(H,23,25). The Morgan fingerprint density at radius 2 is 1.81 bits per heavy atom. The lowest BCUT2D eigenvalue weighted by molar-refractivity contribution is -0.115. The number of nitrogens with one attached hydrogen (secondary N) is 1. The van der Waals surface area contributed by atoms with E-state index in [0.717, 1.165) is 16.7 Å². The Kier molecular flexibility index (Phi) is 5.66. The van der Waals surface area contributed by atoms with Crippen LogP contribution in [0.2, 0.25) is 5.02 Å². The zero-order valence-corrected chi connectivity index (χ0v) is 16.1. The molecule has 3 rings (SSSR count). The third-order valence-corrected chi connectivity index (χ3v) is 4.42. The minimum absolute atomic E-state index is 0.136. The summed E-state index contributed by atoms with van der Waals surface area (Å²) in [5.41, 5.74) is 2.54. The van der Waals surface area contributed by atoms with Gasteiger partial charge in [0, 0.05) is 17.6 Å². The lowest BCUT2D eigenvalue weighted by Gasteiger charge is -2.11. The summed E-state index contributed by atoms with van der Waals surface area (Å²) in [7, 11) is 4.95. The summed E-state index contributed by atoms with van der Waals surface area (Å²) in [6, 6.07) is 12.8. The summed E-state index contributed by atoms with van der Waals surface area (Å²) < 4.78 is 12.3. The topological polar surface area (TPSA) is 65.4 Å². The second-order valence-electron chi connectivity index (χ2n) is 5.95. The van der Waals surface area contributed by atoms with E-state index in [2.05, 4.69) is 10.4 Å². The first-order chi connectivity index (χ1) is 13.0. The van der Waals surface area contributed by atoms with Crippen LogP contribution in [0.1, 0.15) is 5.56 Å². The van der Waals surface area contributed by atoms with Crippen molar-refractivity contribution in [3.05, 3.63) is 59.2 Å². The summed E-state index contributed by atoms with van der Waals surface area (Å²) in [6.07, 6.45) is 1.95. The first-order valence-corrected chi connectivity index (χ1v) is 8.68. The third-order valence-electron chi connectivity index (χ3n) is 4.17. The summed E-state index contributed by atoms with van der Waals surface area (Å²) >= 11 is 5.89. The normalized spacial score (nSPS) is 10.5. The van der Waals surface area contributed by atoms with Crippen LogP contribution in [0, 0.1) is 0 Å². The van der Waals surface area contributed by atoms with Crippen molar-refractivity contribution in [2.45, 2.75) is 6.42 Å². The van der Waals surface area contributed by atoms with E-state index in [-0.39, 0.29) is 12.3 Å². The number of nitrogens with zero attached hydrogens (tertiary/aromatic N) is 2. The second-order valence-corrected chi connectivity index (χ2v) is 6.39. The maximum Gasteiger partial charge on any atom is 0.229 e. The number of aryl methyl sites for hydroxylation is 1. The number of halogens is 1. The van der Waals surface area contributed by atoms with Crippen molar-refractivity contribution in [1.82, 2.24) is 9.78 Å². The van der Waals surface area contributed by atoms with Gasteiger partial charge in [0.25, 0.3) is 0 Å². The smallest absolute Gasteiger partial charge is 0.229 e. The van der Waals surface area contributed by atoms with Gasteiger partial charge < -0.3 is 14.8 Å². The van der Waals surface area contributed by atoms with Gasteiger partial charge in [-0.2, -0.15) is 5.10 Å². The first kappa shape index (κ1) is 18.8. The third kappa shape index (κ3) is 4.23. The van der Waals surface area contributed by atoms with E-state index in [9.17, 15) is 4.79 Å². The van der Waals surface area contributed by atoms with Crippen LogP contribution in [0.25, 0.3) is 11.1 Å². The van der Waals surface area contributed by atoms with E-state index in [1.54, 1.807) is 44.3 Å². The van der Waals surface area contributed by atoms with Crippen LogP contribution in [-0.2, 0) is 18.3 Å². The van der Waals surface area contributed by atoms with Gasteiger partial charge in [-0.1, -0.05) is 29.8 Å². The Morgan fingerprint density at radius 1 is 1.11 bits per heavy atom. The maximum absolute atomic E-state index is 12.5. The summed E-state index contributed by atoms with van der Waals surface area (Å²) in [4.78, 5) is 12.5. The number of aromatic nitrogens is 2. The van der Waals surface area contributed by atoms with Crippen LogP contribution < -0.4 is 14.8 Å². The van der Waals surface area contributed by atoms with E-state index < -0.39 is 0 Å². The molecule has 0 bridgehead atoms. The highest BCUT2D eigenvalue weighted by Gasteiger charge is 2.16. The fraction of sp³-hybridized carbons (Fsp3) is 0.200. The Morgan fingerprint density at radius 3 is 2.48 bits per heavy atom. The molecule has 1 amide bonds. The number of hydrogen-bond acceptors (Lipinski definition) is 4. The van der Waals surface area contributed by atoms with Gasteiger partial charge in [-0.25, -0.2) is 0 Å². The Bertz CT molecular complexity index is 952. The molecule has 1 N–H and O–H groups in total. The minimum atomic E-state index is -0.136. The van der Waals surface area contributed by atoms with Gasteiger partial charge in [-0.3, -0.25) is 9.48 Å². The van der Waals surface area contributed by atoms with E-state index >= 15 is 0 Å². The lowest BCUT2D eigenvalue weighted by atomic mass is 10.1. The van der Waals surface area contributed by atoms with Gasteiger partial charge in [0.2, 0.25) is 5.91 Å². The summed E-state index contributed by atoms with van der Waals surface area (Å²) in [5.74, 6) is 1.72. The van der Waals surface area contributed by atoms with Crippen LogP contribution in [0.15, 0.2) is 48.7 Å². The molecule has 0 fully saturated rings. The maximum atomic E-state index is 12.5. The van der Waals surface area contributed by atoms with Crippen LogP contribution >= 0.6 is 11.6 Å². The predicted octanol–water partition coefficient (Wildman–Crippen LogP) is 3.94. The van der Waals surface area contributed by atoms with Gasteiger partial charge in [-0.15, -0.1) is 0 Å². The molecule has 7 heteroatoms. The number of carbonyl (C=O) groups excluding carboxylic acids is 1.